The zero-order valence-electron chi connectivity index (χ0n) is 11.4. The fraction of sp³-hybridized carbons (Fsp3) is 0.286. The summed E-state index contributed by atoms with van der Waals surface area (Å²) < 4.78 is 5.01. The van der Waals surface area contributed by atoms with Gasteiger partial charge < -0.3 is 9.63 Å². The van der Waals surface area contributed by atoms with E-state index in [2.05, 4.69) is 5.16 Å². The molecular weight excluding hydrogens is 276 g/mol. The third kappa shape index (κ3) is 3.44. The van der Waals surface area contributed by atoms with E-state index in [1.807, 2.05) is 6.07 Å². The van der Waals surface area contributed by atoms with Gasteiger partial charge in [-0.05, 0) is 12.5 Å². The van der Waals surface area contributed by atoms with Gasteiger partial charge in [-0.3, -0.25) is 14.9 Å². The maximum atomic E-state index is 11.0. The van der Waals surface area contributed by atoms with Crippen LogP contribution >= 0.6 is 0 Å². The van der Waals surface area contributed by atoms with E-state index in [9.17, 15) is 14.9 Å². The summed E-state index contributed by atoms with van der Waals surface area (Å²) in [4.78, 5) is 21.5. The Kier molecular flexibility index (Phi) is 4.32. The first kappa shape index (κ1) is 14.7. The number of rotatable bonds is 6. The van der Waals surface area contributed by atoms with Gasteiger partial charge in [-0.15, -0.1) is 0 Å². The molecule has 0 saturated heterocycles. The summed E-state index contributed by atoms with van der Waals surface area (Å²) >= 11 is 0. The number of carboxylic acids is 1. The molecule has 2 rings (SSSR count). The predicted molar refractivity (Wildman–Crippen MR) is 73.0 cm³/mol. The third-order valence-electron chi connectivity index (χ3n) is 3.21. The highest BCUT2D eigenvalue weighted by Gasteiger charge is 2.28. The van der Waals surface area contributed by atoms with E-state index in [4.69, 9.17) is 9.63 Å². The molecule has 0 radical (unpaired) electrons. The minimum absolute atomic E-state index is 0.104. The molecule has 0 aliphatic carbocycles. The molecule has 7 nitrogen and oxygen atoms in total. The third-order valence-corrected chi connectivity index (χ3v) is 3.21. The van der Waals surface area contributed by atoms with Gasteiger partial charge in [0.1, 0.15) is 0 Å². The van der Waals surface area contributed by atoms with Crippen molar-refractivity contribution < 1.29 is 19.3 Å². The highest BCUT2D eigenvalue weighted by molar-refractivity contribution is 5.68. The molecule has 0 saturated carbocycles. The molecule has 1 atom stereocenters. The molecular formula is C14H14N2O5. The van der Waals surface area contributed by atoms with Crippen LogP contribution in [0, 0.1) is 17.0 Å². The smallest absolute Gasteiger partial charge is 0.334 e. The number of hydrogen-bond acceptors (Lipinski definition) is 5. The number of hydrogen-bond donors (Lipinski definition) is 1. The summed E-state index contributed by atoms with van der Waals surface area (Å²) in [5, 5.41) is 23.7. The number of carboxylic acid groups (broad SMARTS) is 1. The second-order valence-electron chi connectivity index (χ2n) is 4.71. The summed E-state index contributed by atoms with van der Waals surface area (Å²) in [6.45, 7) is 1.49. The molecule has 21 heavy (non-hydrogen) atoms. The van der Waals surface area contributed by atoms with Crippen LogP contribution in [-0.4, -0.2) is 21.2 Å². The molecule has 0 aliphatic rings. The van der Waals surface area contributed by atoms with Gasteiger partial charge in [-0.1, -0.05) is 35.5 Å². The Morgan fingerprint density at radius 1 is 1.43 bits per heavy atom. The zero-order valence-corrected chi connectivity index (χ0v) is 11.4. The Morgan fingerprint density at radius 2 is 2.10 bits per heavy atom. The van der Waals surface area contributed by atoms with Gasteiger partial charge in [0, 0.05) is 12.3 Å². The zero-order chi connectivity index (χ0) is 15.4. The van der Waals surface area contributed by atoms with E-state index in [1.165, 1.54) is 6.92 Å². The lowest BCUT2D eigenvalue weighted by Crippen LogP contribution is -2.10. The van der Waals surface area contributed by atoms with Crippen molar-refractivity contribution in [3.63, 3.8) is 0 Å². The molecule has 1 aromatic carbocycles. The molecule has 2 aromatic rings. The average molecular weight is 290 g/mol. The highest BCUT2D eigenvalue weighted by Crippen LogP contribution is 2.30. The Labute approximate surface area is 120 Å². The highest BCUT2D eigenvalue weighted by atomic mass is 16.6. The molecule has 1 heterocycles. The van der Waals surface area contributed by atoms with Gasteiger partial charge in [-0.25, -0.2) is 0 Å². The standard InChI is InChI=1S/C14H14N2O5/c1-9-14(16(19)20)12(21-15-9)7-11(8-13(17)18)10-5-3-2-4-6-10/h2-6,11H,7-8H2,1H3,(H,17,18). The average Bonchev–Trinajstić information content (AvgIpc) is 2.79. The Morgan fingerprint density at radius 3 is 2.67 bits per heavy atom. The van der Waals surface area contributed by atoms with Crippen LogP contribution in [0.5, 0.6) is 0 Å². The summed E-state index contributed by atoms with van der Waals surface area (Å²) in [5.41, 5.74) is 0.807. The minimum atomic E-state index is -0.970. The Bertz CT molecular complexity index is 651. The molecule has 0 amide bonds. The Balaban J connectivity index is 2.32. The lowest BCUT2D eigenvalue weighted by molar-refractivity contribution is -0.386. The van der Waals surface area contributed by atoms with Crippen LogP contribution in [0.15, 0.2) is 34.9 Å². The van der Waals surface area contributed by atoms with E-state index in [0.29, 0.717) is 0 Å². The molecule has 1 unspecified atom stereocenters. The summed E-state index contributed by atoms with van der Waals surface area (Å²) in [6.07, 6.45) is -0.0195. The number of benzene rings is 1. The van der Waals surface area contributed by atoms with E-state index in [-0.39, 0.29) is 30.0 Å². The van der Waals surface area contributed by atoms with Gasteiger partial charge >= 0.3 is 11.7 Å². The molecule has 1 N–H and O–H groups in total. The number of nitrogens with zero attached hydrogens (tertiary/aromatic N) is 2. The maximum Gasteiger partial charge on any atom is 0.334 e. The molecule has 0 spiro atoms. The number of aryl methyl sites for hydroxylation is 1. The summed E-state index contributed by atoms with van der Waals surface area (Å²) in [7, 11) is 0. The van der Waals surface area contributed by atoms with E-state index < -0.39 is 16.8 Å². The van der Waals surface area contributed by atoms with Crippen molar-refractivity contribution in [2.45, 2.75) is 25.7 Å². The molecule has 0 fully saturated rings. The molecule has 7 heteroatoms. The monoisotopic (exact) mass is 290 g/mol. The molecule has 0 bridgehead atoms. The van der Waals surface area contributed by atoms with Crippen molar-refractivity contribution in [3.8, 4) is 0 Å². The van der Waals surface area contributed by atoms with E-state index in [0.717, 1.165) is 5.56 Å². The van der Waals surface area contributed by atoms with Crippen molar-refractivity contribution in [2.75, 3.05) is 0 Å². The van der Waals surface area contributed by atoms with Gasteiger partial charge in [0.05, 0.1) is 11.3 Å². The molecule has 1 aromatic heterocycles. The van der Waals surface area contributed by atoms with Crippen molar-refractivity contribution in [1.29, 1.82) is 0 Å². The number of aromatic nitrogens is 1. The van der Waals surface area contributed by atoms with Crippen LogP contribution in [0.2, 0.25) is 0 Å². The van der Waals surface area contributed by atoms with E-state index >= 15 is 0 Å². The quantitative estimate of drug-likeness (QED) is 0.647. The van der Waals surface area contributed by atoms with Crippen LogP contribution in [0.4, 0.5) is 5.69 Å². The van der Waals surface area contributed by atoms with Crippen LogP contribution in [-0.2, 0) is 11.2 Å². The number of aliphatic carboxylic acids is 1. The van der Waals surface area contributed by atoms with Crippen molar-refractivity contribution >= 4 is 11.7 Å². The topological polar surface area (TPSA) is 106 Å². The lowest BCUT2D eigenvalue weighted by atomic mass is 9.91. The van der Waals surface area contributed by atoms with Crippen LogP contribution in [0.3, 0.4) is 0 Å². The lowest BCUT2D eigenvalue weighted by Gasteiger charge is -2.13. The second kappa shape index (κ2) is 6.17. The van der Waals surface area contributed by atoms with Crippen molar-refractivity contribution in [1.82, 2.24) is 5.16 Å². The van der Waals surface area contributed by atoms with Gasteiger partial charge in [0.25, 0.3) is 0 Å². The molecule has 110 valence electrons. The van der Waals surface area contributed by atoms with Crippen LogP contribution in [0.25, 0.3) is 0 Å². The summed E-state index contributed by atoms with van der Waals surface area (Å²) in [6, 6.07) is 9.00. The first-order chi connectivity index (χ1) is 9.99. The number of carbonyl (C=O) groups is 1. The summed E-state index contributed by atoms with van der Waals surface area (Å²) in [5.74, 6) is -1.27. The van der Waals surface area contributed by atoms with Crippen molar-refractivity contribution in [3.05, 3.63) is 57.5 Å². The predicted octanol–water partition coefficient (Wildman–Crippen LogP) is 2.69. The maximum absolute atomic E-state index is 11.0. The fourth-order valence-corrected chi connectivity index (χ4v) is 2.25. The van der Waals surface area contributed by atoms with E-state index in [1.54, 1.807) is 24.3 Å². The minimum Gasteiger partial charge on any atom is -0.481 e. The van der Waals surface area contributed by atoms with Gasteiger partial charge in [0.2, 0.25) is 5.76 Å². The first-order valence-electron chi connectivity index (χ1n) is 6.35. The fourth-order valence-electron chi connectivity index (χ4n) is 2.25. The van der Waals surface area contributed by atoms with Gasteiger partial charge in [-0.2, -0.15) is 0 Å². The number of nitro groups is 1. The largest absolute Gasteiger partial charge is 0.481 e. The normalized spacial score (nSPS) is 12.0. The van der Waals surface area contributed by atoms with Crippen molar-refractivity contribution in [2.24, 2.45) is 0 Å². The van der Waals surface area contributed by atoms with Crippen LogP contribution in [0.1, 0.15) is 29.4 Å². The van der Waals surface area contributed by atoms with Gasteiger partial charge in [0.15, 0.2) is 5.69 Å². The molecule has 0 aliphatic heterocycles. The first-order valence-corrected chi connectivity index (χ1v) is 6.35. The second-order valence-corrected chi connectivity index (χ2v) is 4.71. The Hall–Kier alpha value is -2.70. The van der Waals surface area contributed by atoms with Crippen LogP contribution < -0.4 is 0 Å². The SMILES string of the molecule is Cc1noc(CC(CC(=O)O)c2ccccc2)c1[N+](=O)[O-].